The lowest BCUT2D eigenvalue weighted by Crippen LogP contribution is -2.48. The normalized spacial score (nSPS) is 25.3. The van der Waals surface area contributed by atoms with Crippen LogP contribution in [0, 0.1) is 0 Å². The van der Waals surface area contributed by atoms with Crippen LogP contribution in [-0.2, 0) is 20.9 Å². The zero-order chi connectivity index (χ0) is 19.0. The van der Waals surface area contributed by atoms with Crippen molar-refractivity contribution in [2.75, 3.05) is 6.54 Å². The van der Waals surface area contributed by atoms with Crippen molar-refractivity contribution in [3.63, 3.8) is 0 Å². The molecular formula is C23H23NO3. The maximum Gasteiger partial charge on any atom is 0.342 e. The Morgan fingerprint density at radius 1 is 1.11 bits per heavy atom. The number of piperidine rings is 1. The van der Waals surface area contributed by atoms with Crippen molar-refractivity contribution in [3.8, 4) is 0 Å². The van der Waals surface area contributed by atoms with Crippen molar-refractivity contribution in [2.45, 2.75) is 38.5 Å². The first-order valence-corrected chi connectivity index (χ1v) is 9.29. The number of hydrogen-bond donors (Lipinski definition) is 0. The lowest BCUT2D eigenvalue weighted by atomic mass is 9.80. The fourth-order valence-corrected chi connectivity index (χ4v) is 4.31. The van der Waals surface area contributed by atoms with Gasteiger partial charge in [0.05, 0.1) is 0 Å². The van der Waals surface area contributed by atoms with Gasteiger partial charge in [0.1, 0.15) is 11.2 Å². The first kappa shape index (κ1) is 17.7. The Labute approximate surface area is 159 Å². The van der Waals surface area contributed by atoms with E-state index in [0.29, 0.717) is 13.0 Å². The fraction of sp³-hybridized carbons (Fsp3) is 0.304. The average Bonchev–Trinajstić information content (AvgIpc) is 2.91. The largest absolute Gasteiger partial charge is 0.450 e. The Bertz CT molecular complexity index is 904. The van der Waals surface area contributed by atoms with Gasteiger partial charge in [0.15, 0.2) is 5.78 Å². The lowest BCUT2D eigenvalue weighted by Gasteiger charge is -2.44. The van der Waals surface area contributed by atoms with Crippen molar-refractivity contribution < 1.29 is 14.3 Å². The summed E-state index contributed by atoms with van der Waals surface area (Å²) in [6.45, 7) is 4.70. The number of fused-ring (bicyclic) bond motifs is 1. The number of likely N-dealkylation sites (tertiary alicyclic amines) is 1. The first-order chi connectivity index (χ1) is 13.0. The maximum absolute atomic E-state index is 12.4. The molecule has 2 heterocycles. The molecule has 0 bridgehead atoms. The molecule has 0 N–H and O–H groups in total. The third kappa shape index (κ3) is 3.21. The number of ketones is 1. The molecule has 0 spiro atoms. The number of ether oxygens (including phenoxy) is 1. The molecule has 2 aromatic rings. The molecule has 2 atom stereocenters. The summed E-state index contributed by atoms with van der Waals surface area (Å²) in [7, 11) is 0. The van der Waals surface area contributed by atoms with Gasteiger partial charge in [-0.15, -0.1) is 0 Å². The van der Waals surface area contributed by atoms with Crippen LogP contribution in [0.25, 0.3) is 0 Å². The minimum Gasteiger partial charge on any atom is -0.450 e. The van der Waals surface area contributed by atoms with Gasteiger partial charge in [-0.2, -0.15) is 0 Å². The molecule has 0 aliphatic carbocycles. The summed E-state index contributed by atoms with van der Waals surface area (Å²) < 4.78 is 5.70. The number of carbonyl (C=O) groups excluding carboxylic acids is 2. The number of carbonyl (C=O) groups is 2. The zero-order valence-electron chi connectivity index (χ0n) is 15.6. The van der Waals surface area contributed by atoms with Crippen LogP contribution < -0.4 is 0 Å². The molecule has 0 saturated carbocycles. The Hall–Kier alpha value is -2.72. The monoisotopic (exact) mass is 361 g/mol. The molecule has 138 valence electrons. The summed E-state index contributed by atoms with van der Waals surface area (Å²) in [6, 6.07) is 20.7. The van der Waals surface area contributed by atoms with Crippen molar-refractivity contribution in [3.05, 3.63) is 82.9 Å². The number of rotatable bonds is 4. The van der Waals surface area contributed by atoms with Gasteiger partial charge in [-0.05, 0) is 37.0 Å². The molecule has 2 aliphatic rings. The molecule has 2 aromatic carbocycles. The van der Waals surface area contributed by atoms with E-state index >= 15 is 0 Å². The standard InChI is InChI=1S/C23H23NO3/c1-16(25)21-19-13-20(18-11-7-4-8-12-18)24(14-17-9-5-3-6-10-17)15-23(19,2)27-22(21)26/h3-12,20H,13-15H2,1-2H3/t20-,23+/m1/s1. The summed E-state index contributed by atoms with van der Waals surface area (Å²) in [5, 5.41) is 0. The van der Waals surface area contributed by atoms with Gasteiger partial charge >= 0.3 is 5.97 Å². The fourth-order valence-electron chi connectivity index (χ4n) is 4.31. The molecule has 4 rings (SSSR count). The van der Waals surface area contributed by atoms with Crippen molar-refractivity contribution in [2.24, 2.45) is 0 Å². The van der Waals surface area contributed by atoms with E-state index in [0.717, 1.165) is 12.1 Å². The molecule has 2 aliphatic heterocycles. The van der Waals surface area contributed by atoms with Gasteiger partial charge in [0.2, 0.25) is 0 Å². The second kappa shape index (κ2) is 6.78. The number of esters is 1. The average molecular weight is 361 g/mol. The molecular weight excluding hydrogens is 338 g/mol. The third-order valence-corrected chi connectivity index (χ3v) is 5.57. The van der Waals surface area contributed by atoms with Gasteiger partial charge in [0, 0.05) is 19.1 Å². The number of Topliss-reactive ketones (excluding diaryl/α,β-unsaturated/α-hetero) is 1. The van der Waals surface area contributed by atoms with Crippen LogP contribution in [0.2, 0.25) is 0 Å². The zero-order valence-corrected chi connectivity index (χ0v) is 15.6. The molecule has 0 amide bonds. The molecule has 4 nitrogen and oxygen atoms in total. The quantitative estimate of drug-likeness (QED) is 0.613. The number of hydrogen-bond acceptors (Lipinski definition) is 4. The SMILES string of the molecule is CC(=O)C1=C2C[C@H](c3ccccc3)N(Cc3ccccc3)C[C@]2(C)OC1=O. The maximum atomic E-state index is 12.4. The Morgan fingerprint density at radius 2 is 1.74 bits per heavy atom. The second-order valence-corrected chi connectivity index (χ2v) is 7.55. The van der Waals surface area contributed by atoms with E-state index in [1.807, 2.05) is 43.3 Å². The highest BCUT2D eigenvalue weighted by Crippen LogP contribution is 2.46. The van der Waals surface area contributed by atoms with Crippen LogP contribution in [-0.4, -0.2) is 28.8 Å². The van der Waals surface area contributed by atoms with Crippen molar-refractivity contribution >= 4 is 11.8 Å². The van der Waals surface area contributed by atoms with Crippen LogP contribution in [0.5, 0.6) is 0 Å². The smallest absolute Gasteiger partial charge is 0.342 e. The molecule has 0 unspecified atom stereocenters. The highest BCUT2D eigenvalue weighted by molar-refractivity contribution is 6.18. The lowest BCUT2D eigenvalue weighted by molar-refractivity contribution is -0.149. The van der Waals surface area contributed by atoms with Crippen LogP contribution in [0.4, 0.5) is 0 Å². The van der Waals surface area contributed by atoms with E-state index in [9.17, 15) is 9.59 Å². The summed E-state index contributed by atoms with van der Waals surface area (Å²) in [4.78, 5) is 26.8. The summed E-state index contributed by atoms with van der Waals surface area (Å²) >= 11 is 0. The predicted octanol–water partition coefficient (Wildman–Crippen LogP) is 3.83. The molecule has 0 aromatic heterocycles. The number of nitrogens with zero attached hydrogens (tertiary/aromatic N) is 1. The van der Waals surface area contributed by atoms with E-state index in [-0.39, 0.29) is 17.4 Å². The van der Waals surface area contributed by atoms with Crippen molar-refractivity contribution in [1.82, 2.24) is 4.90 Å². The van der Waals surface area contributed by atoms with E-state index in [2.05, 4.69) is 29.2 Å². The van der Waals surface area contributed by atoms with E-state index < -0.39 is 11.6 Å². The van der Waals surface area contributed by atoms with Crippen LogP contribution in [0.1, 0.15) is 37.4 Å². The summed E-state index contributed by atoms with van der Waals surface area (Å²) in [5.74, 6) is -0.685. The van der Waals surface area contributed by atoms with Gasteiger partial charge in [-0.25, -0.2) is 4.79 Å². The summed E-state index contributed by atoms with van der Waals surface area (Å²) in [5.41, 5.74) is 2.75. The molecule has 27 heavy (non-hydrogen) atoms. The van der Waals surface area contributed by atoms with E-state index in [1.54, 1.807) is 0 Å². The van der Waals surface area contributed by atoms with Gasteiger partial charge in [-0.1, -0.05) is 60.7 Å². The molecule has 1 saturated heterocycles. The van der Waals surface area contributed by atoms with Gasteiger partial charge in [-0.3, -0.25) is 9.69 Å². The highest BCUT2D eigenvalue weighted by Gasteiger charge is 2.51. The first-order valence-electron chi connectivity index (χ1n) is 9.29. The Morgan fingerprint density at radius 3 is 2.37 bits per heavy atom. The van der Waals surface area contributed by atoms with Crippen LogP contribution >= 0.6 is 0 Å². The minimum atomic E-state index is -0.738. The van der Waals surface area contributed by atoms with E-state index in [4.69, 9.17) is 4.74 Å². The predicted molar refractivity (Wildman–Crippen MR) is 103 cm³/mol. The van der Waals surface area contributed by atoms with Crippen LogP contribution in [0.15, 0.2) is 71.8 Å². The molecule has 4 heteroatoms. The van der Waals surface area contributed by atoms with Crippen LogP contribution in [0.3, 0.4) is 0 Å². The third-order valence-electron chi connectivity index (χ3n) is 5.57. The summed E-state index contributed by atoms with van der Waals surface area (Å²) in [6.07, 6.45) is 0.619. The second-order valence-electron chi connectivity index (χ2n) is 7.55. The number of benzene rings is 2. The highest BCUT2D eigenvalue weighted by atomic mass is 16.6. The molecule has 1 fully saturated rings. The minimum absolute atomic E-state index is 0.0957. The van der Waals surface area contributed by atoms with Gasteiger partial charge < -0.3 is 4.74 Å². The van der Waals surface area contributed by atoms with E-state index in [1.165, 1.54) is 18.1 Å². The van der Waals surface area contributed by atoms with Gasteiger partial charge in [0.25, 0.3) is 0 Å². The Balaban J connectivity index is 1.75. The topological polar surface area (TPSA) is 46.6 Å². The van der Waals surface area contributed by atoms with Crippen molar-refractivity contribution in [1.29, 1.82) is 0 Å². The molecule has 0 radical (unpaired) electrons. The Kier molecular flexibility index (Phi) is 4.44.